The van der Waals surface area contributed by atoms with Crippen LogP contribution in [0.4, 0.5) is 0 Å². The van der Waals surface area contributed by atoms with E-state index in [1.165, 1.54) is 0 Å². The molecule has 0 fully saturated rings. The van der Waals surface area contributed by atoms with Crippen LogP contribution in [0.1, 0.15) is 23.0 Å². The number of carbonyl (C=O) groups excluding carboxylic acids is 1. The fourth-order valence-corrected chi connectivity index (χ4v) is 3.14. The third-order valence-electron chi connectivity index (χ3n) is 2.51. The fourth-order valence-electron chi connectivity index (χ4n) is 1.60. The van der Waals surface area contributed by atoms with E-state index in [2.05, 4.69) is 21.0 Å². The summed E-state index contributed by atoms with van der Waals surface area (Å²) in [5.74, 6) is 0.0728. The van der Waals surface area contributed by atoms with Gasteiger partial charge in [-0.05, 0) is 48.0 Å². The smallest absolute Gasteiger partial charge is 0.159 e. The predicted molar refractivity (Wildman–Crippen MR) is 76.2 cm³/mol. The van der Waals surface area contributed by atoms with Crippen molar-refractivity contribution in [1.29, 1.82) is 0 Å². The van der Waals surface area contributed by atoms with E-state index in [0.717, 1.165) is 20.1 Å². The summed E-state index contributed by atoms with van der Waals surface area (Å²) in [6.45, 7) is 3.54. The number of carbonyl (C=O) groups is 1. The average molecular weight is 325 g/mol. The number of benzene rings is 1. The van der Waals surface area contributed by atoms with Crippen molar-refractivity contribution >= 4 is 33.5 Å². The van der Waals surface area contributed by atoms with Gasteiger partial charge >= 0.3 is 0 Å². The first-order valence-electron chi connectivity index (χ1n) is 5.46. The number of halogens is 1. The van der Waals surface area contributed by atoms with Gasteiger partial charge in [0.05, 0.1) is 10.7 Å². The first-order chi connectivity index (χ1) is 8.47. The van der Waals surface area contributed by atoms with Crippen molar-refractivity contribution in [3.63, 3.8) is 0 Å². The third-order valence-corrected chi connectivity index (χ3v) is 4.60. The summed E-state index contributed by atoms with van der Waals surface area (Å²) in [6, 6.07) is 7.69. The number of ketones is 1. The molecule has 0 aliphatic heterocycles. The zero-order chi connectivity index (χ0) is 13.3. The van der Waals surface area contributed by atoms with Crippen LogP contribution in [0.5, 0.6) is 0 Å². The van der Waals surface area contributed by atoms with Crippen LogP contribution < -0.4 is 0 Å². The van der Waals surface area contributed by atoms with Crippen LogP contribution >= 0.6 is 27.7 Å². The molecule has 2 aromatic rings. The first-order valence-corrected chi connectivity index (χ1v) is 7.07. The normalized spacial score (nSPS) is 10.7. The van der Waals surface area contributed by atoms with Crippen LogP contribution in [0.15, 0.2) is 38.7 Å². The molecule has 0 unspecified atom stereocenters. The summed E-state index contributed by atoms with van der Waals surface area (Å²) in [5.41, 5.74) is 1.71. The molecule has 18 heavy (non-hydrogen) atoms. The maximum absolute atomic E-state index is 11.3. The Labute approximate surface area is 119 Å². The van der Waals surface area contributed by atoms with Gasteiger partial charge < -0.3 is 0 Å². The number of hydrogen-bond acceptors (Lipinski definition) is 3. The molecule has 0 N–H and O–H groups in total. The lowest BCUT2D eigenvalue weighted by Crippen LogP contribution is -1.94. The van der Waals surface area contributed by atoms with Crippen molar-refractivity contribution in [2.75, 3.05) is 0 Å². The number of rotatable bonds is 3. The molecule has 0 amide bonds. The van der Waals surface area contributed by atoms with Crippen LogP contribution in [-0.2, 0) is 7.05 Å². The van der Waals surface area contributed by atoms with Gasteiger partial charge in [0.25, 0.3) is 0 Å². The molecular formula is C13H13BrN2OS. The van der Waals surface area contributed by atoms with E-state index in [9.17, 15) is 4.79 Å². The summed E-state index contributed by atoms with van der Waals surface area (Å²) in [4.78, 5) is 12.4. The number of hydrogen-bond donors (Lipinski definition) is 0. The van der Waals surface area contributed by atoms with Crippen LogP contribution in [-0.4, -0.2) is 15.6 Å². The number of aromatic nitrogens is 2. The molecule has 0 radical (unpaired) electrons. The molecule has 0 spiro atoms. The number of aryl methyl sites for hydroxylation is 2. The van der Waals surface area contributed by atoms with Crippen molar-refractivity contribution in [1.82, 2.24) is 9.78 Å². The lowest BCUT2D eigenvalue weighted by atomic mass is 10.2. The lowest BCUT2D eigenvalue weighted by Gasteiger charge is -2.05. The van der Waals surface area contributed by atoms with E-state index in [4.69, 9.17) is 0 Å². The molecule has 3 nitrogen and oxygen atoms in total. The van der Waals surface area contributed by atoms with Gasteiger partial charge in [-0.25, -0.2) is 0 Å². The molecule has 0 atom stereocenters. The van der Waals surface area contributed by atoms with Gasteiger partial charge in [-0.3, -0.25) is 9.48 Å². The number of Topliss-reactive ketones (excluding diaryl/α,β-unsaturated/α-hetero) is 1. The topological polar surface area (TPSA) is 34.9 Å². The molecule has 2 rings (SSSR count). The summed E-state index contributed by atoms with van der Waals surface area (Å²) < 4.78 is 2.78. The zero-order valence-electron chi connectivity index (χ0n) is 10.4. The van der Waals surface area contributed by atoms with Gasteiger partial charge in [0.2, 0.25) is 0 Å². The van der Waals surface area contributed by atoms with Crippen molar-refractivity contribution in [2.45, 2.75) is 23.8 Å². The summed E-state index contributed by atoms with van der Waals surface area (Å²) >= 11 is 5.13. The van der Waals surface area contributed by atoms with Gasteiger partial charge in [-0.1, -0.05) is 17.8 Å². The second kappa shape index (κ2) is 5.28. The first kappa shape index (κ1) is 13.4. The van der Waals surface area contributed by atoms with E-state index in [0.29, 0.717) is 5.56 Å². The Morgan fingerprint density at radius 1 is 1.39 bits per heavy atom. The molecule has 0 saturated heterocycles. The molecule has 1 aromatic heterocycles. The molecular weight excluding hydrogens is 312 g/mol. The highest BCUT2D eigenvalue weighted by atomic mass is 79.9. The highest BCUT2D eigenvalue weighted by Crippen LogP contribution is 2.34. The summed E-state index contributed by atoms with van der Waals surface area (Å²) in [5, 5.41) is 5.38. The molecule has 0 aliphatic rings. The van der Waals surface area contributed by atoms with Crippen LogP contribution in [0.2, 0.25) is 0 Å². The fraction of sp³-hybridized carbons (Fsp3) is 0.231. The van der Waals surface area contributed by atoms with Gasteiger partial charge in [0, 0.05) is 22.0 Å². The Morgan fingerprint density at radius 2 is 2.11 bits per heavy atom. The minimum Gasteiger partial charge on any atom is -0.295 e. The summed E-state index contributed by atoms with van der Waals surface area (Å²) in [6.07, 6.45) is 0. The second-order valence-corrected chi connectivity index (χ2v) is 5.97. The van der Waals surface area contributed by atoms with E-state index < -0.39 is 0 Å². The molecule has 0 aliphatic carbocycles. The van der Waals surface area contributed by atoms with Gasteiger partial charge in [-0.15, -0.1) is 0 Å². The highest BCUT2D eigenvalue weighted by Gasteiger charge is 2.09. The van der Waals surface area contributed by atoms with Crippen LogP contribution in [0.25, 0.3) is 0 Å². The van der Waals surface area contributed by atoms with E-state index in [-0.39, 0.29) is 5.78 Å². The minimum absolute atomic E-state index is 0.0728. The standard InChI is InChI=1S/C13H13BrN2OS/c1-8-6-13(16(3)15-8)18-12-5-4-10(9(2)17)7-11(12)14/h4-7H,1-3H3. The van der Waals surface area contributed by atoms with Gasteiger partial charge in [0.15, 0.2) is 5.78 Å². The van der Waals surface area contributed by atoms with E-state index >= 15 is 0 Å². The van der Waals surface area contributed by atoms with Gasteiger partial charge in [0.1, 0.15) is 0 Å². The Kier molecular flexibility index (Phi) is 3.92. The zero-order valence-corrected chi connectivity index (χ0v) is 12.8. The molecule has 94 valence electrons. The largest absolute Gasteiger partial charge is 0.295 e. The van der Waals surface area contributed by atoms with Crippen molar-refractivity contribution < 1.29 is 4.79 Å². The van der Waals surface area contributed by atoms with Gasteiger partial charge in [-0.2, -0.15) is 5.10 Å². The third kappa shape index (κ3) is 2.84. The minimum atomic E-state index is 0.0728. The van der Waals surface area contributed by atoms with E-state index in [1.54, 1.807) is 18.7 Å². The van der Waals surface area contributed by atoms with Crippen molar-refractivity contribution in [3.8, 4) is 0 Å². The Balaban J connectivity index is 2.30. The average Bonchev–Trinajstić information content (AvgIpc) is 2.60. The quantitative estimate of drug-likeness (QED) is 0.804. The van der Waals surface area contributed by atoms with Crippen LogP contribution in [0, 0.1) is 6.92 Å². The SMILES string of the molecule is CC(=O)c1ccc(Sc2cc(C)nn2C)c(Br)c1. The summed E-state index contributed by atoms with van der Waals surface area (Å²) in [7, 11) is 1.92. The Hall–Kier alpha value is -1.07. The maximum atomic E-state index is 11.3. The monoisotopic (exact) mass is 324 g/mol. The van der Waals surface area contributed by atoms with E-state index in [1.807, 2.05) is 42.9 Å². The van der Waals surface area contributed by atoms with Crippen molar-refractivity contribution in [3.05, 3.63) is 40.0 Å². The molecule has 1 aromatic carbocycles. The molecule has 0 bridgehead atoms. The second-order valence-electron chi connectivity index (χ2n) is 4.05. The molecule has 1 heterocycles. The Morgan fingerprint density at radius 3 is 2.61 bits per heavy atom. The predicted octanol–water partition coefficient (Wildman–Crippen LogP) is 3.84. The van der Waals surface area contributed by atoms with Crippen LogP contribution in [0.3, 0.4) is 0 Å². The highest BCUT2D eigenvalue weighted by molar-refractivity contribution is 9.10. The number of nitrogens with zero attached hydrogens (tertiary/aromatic N) is 2. The molecule has 0 saturated carbocycles. The maximum Gasteiger partial charge on any atom is 0.159 e. The molecule has 5 heteroatoms. The Bertz CT molecular complexity index is 607. The lowest BCUT2D eigenvalue weighted by molar-refractivity contribution is 0.101. The van der Waals surface area contributed by atoms with Crippen molar-refractivity contribution in [2.24, 2.45) is 7.05 Å².